The van der Waals surface area contributed by atoms with Crippen LogP contribution >= 0.6 is 0 Å². The Labute approximate surface area is 186 Å². The highest BCUT2D eigenvalue weighted by Gasteiger charge is 2.34. The van der Waals surface area contributed by atoms with Crippen molar-refractivity contribution in [2.24, 2.45) is 5.92 Å². The molecule has 10 heteroatoms. The molecule has 170 valence electrons. The molecule has 0 aliphatic carbocycles. The number of anilines is 1. The zero-order valence-electron chi connectivity index (χ0n) is 17.7. The van der Waals surface area contributed by atoms with Crippen molar-refractivity contribution in [1.82, 2.24) is 9.62 Å². The number of hydrogen-bond donors (Lipinski definition) is 2. The number of rotatable bonds is 6. The van der Waals surface area contributed by atoms with Gasteiger partial charge in [0.2, 0.25) is 15.9 Å². The number of hydrogen-bond acceptors (Lipinski definition) is 6. The fourth-order valence-electron chi connectivity index (χ4n) is 3.82. The molecule has 0 aromatic heterocycles. The monoisotopic (exact) mass is 459 g/mol. The van der Waals surface area contributed by atoms with Crippen LogP contribution in [0.2, 0.25) is 0 Å². The van der Waals surface area contributed by atoms with E-state index in [0.717, 1.165) is 11.3 Å². The first kappa shape index (κ1) is 22.1. The van der Waals surface area contributed by atoms with Gasteiger partial charge in [0.15, 0.2) is 6.61 Å². The van der Waals surface area contributed by atoms with Gasteiger partial charge in [-0.1, -0.05) is 12.1 Å². The van der Waals surface area contributed by atoms with E-state index in [2.05, 4.69) is 10.6 Å². The van der Waals surface area contributed by atoms with Gasteiger partial charge in [-0.15, -0.1) is 0 Å². The Morgan fingerprint density at radius 1 is 1.25 bits per heavy atom. The van der Waals surface area contributed by atoms with Crippen LogP contribution in [0.4, 0.5) is 5.69 Å². The van der Waals surface area contributed by atoms with E-state index in [0.29, 0.717) is 37.4 Å². The highest BCUT2D eigenvalue weighted by Crippen LogP contribution is 2.32. The second-order valence-electron chi connectivity index (χ2n) is 7.76. The van der Waals surface area contributed by atoms with Crippen LogP contribution in [0.15, 0.2) is 47.4 Å². The second-order valence-corrected chi connectivity index (χ2v) is 9.70. The number of methoxy groups -OCH3 is 1. The van der Waals surface area contributed by atoms with Crippen LogP contribution in [0.5, 0.6) is 11.5 Å². The number of piperidine rings is 1. The van der Waals surface area contributed by atoms with Gasteiger partial charge in [0.05, 0.1) is 23.6 Å². The maximum absolute atomic E-state index is 13.2. The molecule has 2 N–H and O–H groups in total. The van der Waals surface area contributed by atoms with E-state index >= 15 is 0 Å². The van der Waals surface area contributed by atoms with Gasteiger partial charge in [0.25, 0.3) is 5.91 Å². The maximum atomic E-state index is 13.2. The predicted octanol–water partition coefficient (Wildman–Crippen LogP) is 1.74. The molecule has 0 spiro atoms. The molecule has 2 aliphatic heterocycles. The largest absolute Gasteiger partial charge is 0.497 e. The number of nitrogens with zero attached hydrogens (tertiary/aromatic N) is 1. The molecule has 2 aromatic rings. The highest BCUT2D eigenvalue weighted by atomic mass is 32.2. The minimum Gasteiger partial charge on any atom is -0.497 e. The number of benzene rings is 2. The lowest BCUT2D eigenvalue weighted by Crippen LogP contribution is -2.45. The molecule has 32 heavy (non-hydrogen) atoms. The van der Waals surface area contributed by atoms with E-state index in [1.807, 2.05) is 24.3 Å². The van der Waals surface area contributed by atoms with Crippen molar-refractivity contribution in [2.75, 3.05) is 32.1 Å². The quantitative estimate of drug-likeness (QED) is 0.680. The fourth-order valence-corrected chi connectivity index (χ4v) is 5.37. The standard InChI is InChI=1S/C22H25N3O6S/c1-30-17-6-4-15(5-7-17)12-23-22(27)16-3-2-10-25(13-16)32(28,29)18-8-9-20-19(11-18)24-21(26)14-31-20/h4-9,11,16H,2-3,10,12-14H2,1H3,(H,23,27)(H,24,26)/t16-/m0/s1. The van der Waals surface area contributed by atoms with E-state index in [1.54, 1.807) is 7.11 Å². The number of sulfonamides is 1. The summed E-state index contributed by atoms with van der Waals surface area (Å²) >= 11 is 0. The minimum absolute atomic E-state index is 0.0568. The first-order chi connectivity index (χ1) is 15.4. The van der Waals surface area contributed by atoms with E-state index in [9.17, 15) is 18.0 Å². The molecular weight excluding hydrogens is 434 g/mol. The molecule has 2 aliphatic rings. The van der Waals surface area contributed by atoms with E-state index in [1.165, 1.54) is 22.5 Å². The smallest absolute Gasteiger partial charge is 0.262 e. The van der Waals surface area contributed by atoms with Crippen molar-refractivity contribution < 1.29 is 27.5 Å². The Hall–Kier alpha value is -3.11. The number of amides is 2. The molecule has 2 heterocycles. The van der Waals surface area contributed by atoms with Crippen molar-refractivity contribution >= 4 is 27.5 Å². The Bertz CT molecular complexity index is 1120. The number of ether oxygens (including phenoxy) is 2. The lowest BCUT2D eigenvalue weighted by molar-refractivity contribution is -0.126. The Morgan fingerprint density at radius 3 is 2.78 bits per heavy atom. The first-order valence-electron chi connectivity index (χ1n) is 10.3. The van der Waals surface area contributed by atoms with Gasteiger partial charge in [0.1, 0.15) is 11.5 Å². The molecule has 2 aromatic carbocycles. The summed E-state index contributed by atoms with van der Waals surface area (Å²) in [6, 6.07) is 11.8. The van der Waals surface area contributed by atoms with Crippen LogP contribution in [0.3, 0.4) is 0 Å². The second kappa shape index (κ2) is 9.17. The molecule has 0 unspecified atom stereocenters. The Kier molecular flexibility index (Phi) is 6.33. The third-order valence-electron chi connectivity index (χ3n) is 5.60. The lowest BCUT2D eigenvalue weighted by Gasteiger charge is -2.31. The molecule has 1 saturated heterocycles. The number of carbonyl (C=O) groups excluding carboxylic acids is 2. The summed E-state index contributed by atoms with van der Waals surface area (Å²) in [6.45, 7) is 0.705. The average Bonchev–Trinajstić information content (AvgIpc) is 2.82. The molecule has 0 radical (unpaired) electrons. The normalized spacial score (nSPS) is 18.8. The van der Waals surface area contributed by atoms with Crippen molar-refractivity contribution in [2.45, 2.75) is 24.3 Å². The zero-order chi connectivity index (χ0) is 22.7. The van der Waals surface area contributed by atoms with Crippen LogP contribution in [0, 0.1) is 5.92 Å². The number of nitrogens with one attached hydrogen (secondary N) is 2. The summed E-state index contributed by atoms with van der Waals surface area (Å²) < 4.78 is 38.1. The van der Waals surface area contributed by atoms with Gasteiger partial charge >= 0.3 is 0 Å². The first-order valence-corrected chi connectivity index (χ1v) is 11.8. The molecule has 0 saturated carbocycles. The molecule has 9 nitrogen and oxygen atoms in total. The lowest BCUT2D eigenvalue weighted by atomic mass is 9.99. The highest BCUT2D eigenvalue weighted by molar-refractivity contribution is 7.89. The fraction of sp³-hybridized carbons (Fsp3) is 0.364. The third kappa shape index (κ3) is 4.71. The molecule has 1 fully saturated rings. The van der Waals surface area contributed by atoms with Crippen LogP contribution in [0.25, 0.3) is 0 Å². The van der Waals surface area contributed by atoms with E-state index in [4.69, 9.17) is 9.47 Å². The van der Waals surface area contributed by atoms with Gasteiger partial charge < -0.3 is 20.1 Å². The SMILES string of the molecule is COc1ccc(CNC(=O)[C@H]2CCCN(S(=O)(=O)c3ccc4c(c3)NC(=O)CO4)C2)cc1. The van der Waals surface area contributed by atoms with Gasteiger partial charge in [-0.25, -0.2) is 8.42 Å². The summed E-state index contributed by atoms with van der Waals surface area (Å²) in [7, 11) is -2.23. The van der Waals surface area contributed by atoms with Crippen molar-refractivity contribution in [3.63, 3.8) is 0 Å². The van der Waals surface area contributed by atoms with Crippen LogP contribution < -0.4 is 20.1 Å². The summed E-state index contributed by atoms with van der Waals surface area (Å²) in [4.78, 5) is 24.3. The summed E-state index contributed by atoms with van der Waals surface area (Å²) in [5.74, 6) is 0.224. The zero-order valence-corrected chi connectivity index (χ0v) is 18.5. The summed E-state index contributed by atoms with van der Waals surface area (Å²) in [6.07, 6.45) is 1.21. The molecule has 2 amide bonds. The predicted molar refractivity (Wildman–Crippen MR) is 117 cm³/mol. The van der Waals surface area contributed by atoms with Gasteiger partial charge in [0, 0.05) is 19.6 Å². The van der Waals surface area contributed by atoms with Crippen molar-refractivity contribution in [3.8, 4) is 11.5 Å². The van der Waals surface area contributed by atoms with Gasteiger partial charge in [-0.05, 0) is 48.7 Å². The summed E-state index contributed by atoms with van der Waals surface area (Å²) in [5.41, 5.74) is 1.26. The van der Waals surface area contributed by atoms with Crippen molar-refractivity contribution in [3.05, 3.63) is 48.0 Å². The molecule has 4 rings (SSSR count). The van der Waals surface area contributed by atoms with Gasteiger partial charge in [-0.2, -0.15) is 4.31 Å². The maximum Gasteiger partial charge on any atom is 0.262 e. The van der Waals surface area contributed by atoms with E-state index in [-0.39, 0.29) is 29.9 Å². The summed E-state index contributed by atoms with van der Waals surface area (Å²) in [5, 5.41) is 5.52. The van der Waals surface area contributed by atoms with Crippen molar-refractivity contribution in [1.29, 1.82) is 0 Å². The molecular formula is C22H25N3O6S. The topological polar surface area (TPSA) is 114 Å². The Morgan fingerprint density at radius 2 is 2.03 bits per heavy atom. The average molecular weight is 460 g/mol. The van der Waals surface area contributed by atoms with Crippen LogP contribution in [-0.4, -0.2) is 51.3 Å². The van der Waals surface area contributed by atoms with Gasteiger partial charge in [-0.3, -0.25) is 9.59 Å². The third-order valence-corrected chi connectivity index (χ3v) is 7.46. The van der Waals surface area contributed by atoms with E-state index < -0.39 is 15.9 Å². The minimum atomic E-state index is -3.82. The molecule has 0 bridgehead atoms. The number of carbonyl (C=O) groups is 2. The molecule has 1 atom stereocenters. The van der Waals surface area contributed by atoms with Crippen LogP contribution in [-0.2, 0) is 26.2 Å². The van der Waals surface area contributed by atoms with Crippen LogP contribution in [0.1, 0.15) is 18.4 Å². The number of fused-ring (bicyclic) bond motifs is 1. The Balaban J connectivity index is 1.41.